The summed E-state index contributed by atoms with van der Waals surface area (Å²) in [4.78, 5) is 35.6. The monoisotopic (exact) mass is 351 g/mol. The lowest BCUT2D eigenvalue weighted by Crippen LogP contribution is -2.25. The van der Waals surface area contributed by atoms with Crippen molar-refractivity contribution in [2.75, 3.05) is 11.9 Å². The van der Waals surface area contributed by atoms with Crippen molar-refractivity contribution in [1.29, 1.82) is 0 Å². The summed E-state index contributed by atoms with van der Waals surface area (Å²) >= 11 is 0. The van der Waals surface area contributed by atoms with Crippen LogP contribution in [-0.2, 0) is 11.3 Å². The lowest BCUT2D eigenvalue weighted by Gasteiger charge is -2.11. The Morgan fingerprint density at radius 3 is 2.31 bits per heavy atom. The van der Waals surface area contributed by atoms with Gasteiger partial charge in [0.2, 0.25) is 5.91 Å². The highest BCUT2D eigenvalue weighted by atomic mass is 16.2. The van der Waals surface area contributed by atoms with Crippen LogP contribution in [0.15, 0.2) is 61.2 Å². The second-order valence-corrected chi connectivity index (χ2v) is 5.61. The van der Waals surface area contributed by atoms with Gasteiger partial charge in [-0.05, 0) is 29.8 Å². The molecule has 0 unspecified atom stereocenters. The number of rotatable bonds is 7. The predicted molar refractivity (Wildman–Crippen MR) is 101 cm³/mol. The quantitative estimate of drug-likeness (QED) is 0.670. The van der Waals surface area contributed by atoms with E-state index in [0.717, 1.165) is 5.56 Å². The highest BCUT2D eigenvalue weighted by Gasteiger charge is 2.13. The van der Waals surface area contributed by atoms with E-state index in [1.165, 1.54) is 6.92 Å². The van der Waals surface area contributed by atoms with Crippen LogP contribution in [0.5, 0.6) is 0 Å². The molecule has 6 nitrogen and oxygen atoms in total. The van der Waals surface area contributed by atoms with Gasteiger partial charge in [0.25, 0.3) is 11.8 Å². The molecule has 26 heavy (non-hydrogen) atoms. The Balaban J connectivity index is 2.09. The Labute approximate surface area is 152 Å². The van der Waals surface area contributed by atoms with Crippen molar-refractivity contribution in [3.8, 4) is 0 Å². The number of hydrogen-bond donors (Lipinski definition) is 3. The van der Waals surface area contributed by atoms with E-state index in [4.69, 9.17) is 0 Å². The summed E-state index contributed by atoms with van der Waals surface area (Å²) in [6.45, 7) is 5.76. The fourth-order valence-corrected chi connectivity index (χ4v) is 2.25. The Bertz CT molecular complexity index is 813. The smallest absolute Gasteiger partial charge is 0.255 e. The van der Waals surface area contributed by atoms with Gasteiger partial charge in [0.15, 0.2) is 0 Å². The van der Waals surface area contributed by atoms with Crippen LogP contribution >= 0.6 is 0 Å². The van der Waals surface area contributed by atoms with Crippen LogP contribution in [0.1, 0.15) is 33.2 Å². The van der Waals surface area contributed by atoms with Crippen molar-refractivity contribution in [2.45, 2.75) is 13.5 Å². The normalized spacial score (nSPS) is 9.88. The molecule has 0 saturated carbocycles. The van der Waals surface area contributed by atoms with Gasteiger partial charge in [-0.1, -0.05) is 30.3 Å². The van der Waals surface area contributed by atoms with Crippen molar-refractivity contribution >= 4 is 23.4 Å². The standard InChI is InChI=1S/C20H21N3O3/c1-3-12-21-20(26)17-6-4-5-7-18(17)23-19(25)16-10-8-15(9-11-16)13-22-14(2)24/h3-11H,1,12-13H2,2H3,(H,21,26)(H,22,24)(H,23,25). The van der Waals surface area contributed by atoms with Crippen molar-refractivity contribution in [3.63, 3.8) is 0 Å². The average molecular weight is 351 g/mol. The van der Waals surface area contributed by atoms with E-state index in [2.05, 4.69) is 22.5 Å². The first-order valence-corrected chi connectivity index (χ1v) is 8.14. The maximum atomic E-state index is 12.5. The van der Waals surface area contributed by atoms with E-state index in [-0.39, 0.29) is 17.7 Å². The van der Waals surface area contributed by atoms with Crippen LogP contribution in [-0.4, -0.2) is 24.3 Å². The molecule has 0 bridgehead atoms. The summed E-state index contributed by atoms with van der Waals surface area (Å²) in [5.74, 6) is -0.718. The van der Waals surface area contributed by atoms with Crippen LogP contribution in [0.25, 0.3) is 0 Å². The molecular weight excluding hydrogens is 330 g/mol. The van der Waals surface area contributed by atoms with Crippen molar-refractivity contribution in [2.24, 2.45) is 0 Å². The summed E-state index contributed by atoms with van der Waals surface area (Å²) in [6.07, 6.45) is 1.58. The first-order valence-electron chi connectivity index (χ1n) is 8.14. The lowest BCUT2D eigenvalue weighted by atomic mass is 10.1. The van der Waals surface area contributed by atoms with Gasteiger partial charge >= 0.3 is 0 Å². The number of hydrogen-bond acceptors (Lipinski definition) is 3. The van der Waals surface area contributed by atoms with Gasteiger partial charge in [-0.25, -0.2) is 0 Å². The third-order valence-electron chi connectivity index (χ3n) is 3.58. The molecule has 0 spiro atoms. The minimum Gasteiger partial charge on any atom is -0.352 e. The molecule has 3 N–H and O–H groups in total. The fraction of sp³-hybridized carbons (Fsp3) is 0.150. The molecule has 0 aliphatic heterocycles. The van der Waals surface area contributed by atoms with E-state index < -0.39 is 0 Å². The molecule has 2 aromatic carbocycles. The molecule has 0 fully saturated rings. The van der Waals surface area contributed by atoms with Crippen molar-refractivity contribution in [3.05, 3.63) is 77.9 Å². The van der Waals surface area contributed by atoms with Gasteiger partial charge in [-0.3, -0.25) is 14.4 Å². The number of carbonyl (C=O) groups is 3. The van der Waals surface area contributed by atoms with Gasteiger partial charge in [0, 0.05) is 25.6 Å². The van der Waals surface area contributed by atoms with Gasteiger partial charge in [-0.15, -0.1) is 6.58 Å². The van der Waals surface area contributed by atoms with Crippen LogP contribution in [0.3, 0.4) is 0 Å². The summed E-state index contributed by atoms with van der Waals surface area (Å²) in [5, 5.41) is 8.14. The fourth-order valence-electron chi connectivity index (χ4n) is 2.25. The van der Waals surface area contributed by atoms with Crippen LogP contribution in [0.2, 0.25) is 0 Å². The number of nitrogens with one attached hydrogen (secondary N) is 3. The molecule has 0 aliphatic rings. The zero-order valence-corrected chi connectivity index (χ0v) is 14.5. The topological polar surface area (TPSA) is 87.3 Å². The Morgan fingerprint density at radius 1 is 0.962 bits per heavy atom. The second-order valence-electron chi connectivity index (χ2n) is 5.61. The summed E-state index contributed by atoms with van der Waals surface area (Å²) in [6, 6.07) is 13.7. The highest BCUT2D eigenvalue weighted by Crippen LogP contribution is 2.16. The molecule has 2 aromatic rings. The van der Waals surface area contributed by atoms with E-state index in [1.807, 2.05) is 0 Å². The zero-order valence-electron chi connectivity index (χ0n) is 14.5. The minimum atomic E-state index is -0.319. The molecule has 0 aromatic heterocycles. The van der Waals surface area contributed by atoms with E-state index in [1.54, 1.807) is 54.6 Å². The van der Waals surface area contributed by atoms with Gasteiger partial charge in [0.1, 0.15) is 0 Å². The van der Waals surface area contributed by atoms with Gasteiger partial charge in [-0.2, -0.15) is 0 Å². The lowest BCUT2D eigenvalue weighted by molar-refractivity contribution is -0.119. The first kappa shape index (κ1) is 18.9. The Hall–Kier alpha value is -3.41. The molecule has 0 aliphatic carbocycles. The molecule has 0 atom stereocenters. The van der Waals surface area contributed by atoms with E-state index in [9.17, 15) is 14.4 Å². The van der Waals surface area contributed by atoms with E-state index in [0.29, 0.717) is 29.9 Å². The number of benzene rings is 2. The molecule has 134 valence electrons. The van der Waals surface area contributed by atoms with Crippen molar-refractivity contribution < 1.29 is 14.4 Å². The number of amides is 3. The first-order chi connectivity index (χ1) is 12.5. The van der Waals surface area contributed by atoms with Crippen molar-refractivity contribution in [1.82, 2.24) is 10.6 Å². The predicted octanol–water partition coefficient (Wildman–Crippen LogP) is 2.49. The third-order valence-corrected chi connectivity index (χ3v) is 3.58. The number of carbonyl (C=O) groups excluding carboxylic acids is 3. The van der Waals surface area contributed by atoms with Crippen LogP contribution < -0.4 is 16.0 Å². The third kappa shape index (κ3) is 5.31. The Morgan fingerprint density at radius 2 is 1.65 bits per heavy atom. The highest BCUT2D eigenvalue weighted by molar-refractivity contribution is 6.09. The maximum Gasteiger partial charge on any atom is 0.255 e. The van der Waals surface area contributed by atoms with Crippen LogP contribution in [0, 0.1) is 0 Å². The molecular formula is C20H21N3O3. The van der Waals surface area contributed by atoms with Crippen LogP contribution in [0.4, 0.5) is 5.69 Å². The second kappa shape index (κ2) is 9.17. The molecule has 3 amide bonds. The zero-order chi connectivity index (χ0) is 18.9. The molecule has 0 radical (unpaired) electrons. The molecule has 0 heterocycles. The summed E-state index contributed by atoms with van der Waals surface area (Å²) in [5.41, 5.74) is 2.16. The molecule has 6 heteroatoms. The minimum absolute atomic E-state index is 0.113. The molecule has 2 rings (SSSR count). The van der Waals surface area contributed by atoms with Gasteiger partial charge < -0.3 is 16.0 Å². The van der Waals surface area contributed by atoms with Gasteiger partial charge in [0.05, 0.1) is 11.3 Å². The maximum absolute atomic E-state index is 12.5. The summed E-state index contributed by atoms with van der Waals surface area (Å²) in [7, 11) is 0. The average Bonchev–Trinajstić information content (AvgIpc) is 2.65. The SMILES string of the molecule is C=CCNC(=O)c1ccccc1NC(=O)c1ccc(CNC(C)=O)cc1. The Kier molecular flexibility index (Phi) is 6.68. The van der Waals surface area contributed by atoms with E-state index >= 15 is 0 Å². The number of anilines is 1. The summed E-state index contributed by atoms with van der Waals surface area (Å²) < 4.78 is 0. The number of para-hydroxylation sites is 1. The largest absolute Gasteiger partial charge is 0.352 e. The molecule has 0 saturated heterocycles.